The van der Waals surface area contributed by atoms with Crippen LogP contribution in [0.4, 0.5) is 5.82 Å². The van der Waals surface area contributed by atoms with E-state index in [4.69, 9.17) is 26.6 Å². The van der Waals surface area contributed by atoms with Crippen molar-refractivity contribution in [2.75, 3.05) is 24.6 Å². The molecular formula is C25H26ClN7O3S. The van der Waals surface area contributed by atoms with E-state index in [1.807, 2.05) is 6.07 Å². The van der Waals surface area contributed by atoms with Crippen molar-refractivity contribution in [3.63, 3.8) is 0 Å². The zero-order chi connectivity index (χ0) is 25.6. The summed E-state index contributed by atoms with van der Waals surface area (Å²) in [5, 5.41) is 5.24. The van der Waals surface area contributed by atoms with E-state index in [1.165, 1.54) is 28.9 Å². The minimum Gasteiger partial charge on any atom is -0.376 e. The highest BCUT2D eigenvalue weighted by Crippen LogP contribution is 2.42. The Kier molecular flexibility index (Phi) is 6.39. The van der Waals surface area contributed by atoms with Gasteiger partial charge in [0.25, 0.3) is 5.56 Å². The molecule has 2 saturated heterocycles. The highest BCUT2D eigenvalue weighted by atomic mass is 35.5. The lowest BCUT2D eigenvalue weighted by molar-refractivity contribution is 0.0974. The number of hydrogen-bond acceptors (Lipinski definition) is 10. The summed E-state index contributed by atoms with van der Waals surface area (Å²) in [6, 6.07) is 5.41. The first-order valence-corrected chi connectivity index (χ1v) is 13.3. The summed E-state index contributed by atoms with van der Waals surface area (Å²) in [6.07, 6.45) is 8.54. The summed E-state index contributed by atoms with van der Waals surface area (Å²) in [5.74, 6) is 0.837. The van der Waals surface area contributed by atoms with Crippen molar-refractivity contribution in [2.45, 2.75) is 48.4 Å². The fraction of sp³-hybridized carbons (Fsp3) is 0.400. The molecule has 37 heavy (non-hydrogen) atoms. The molecule has 2 fully saturated rings. The molecule has 0 saturated carbocycles. The number of nitrogens with two attached hydrogens (primary N) is 1. The highest BCUT2D eigenvalue weighted by Gasteiger charge is 2.47. The molecule has 192 valence electrons. The van der Waals surface area contributed by atoms with E-state index in [-0.39, 0.29) is 29.7 Å². The van der Waals surface area contributed by atoms with Crippen LogP contribution in [-0.4, -0.2) is 56.5 Å². The van der Waals surface area contributed by atoms with Crippen LogP contribution in [-0.2, 0) is 11.3 Å². The highest BCUT2D eigenvalue weighted by molar-refractivity contribution is 7.99. The number of anilines is 1. The van der Waals surface area contributed by atoms with Crippen molar-refractivity contribution in [1.82, 2.24) is 24.7 Å². The normalized spacial score (nSPS) is 21.2. The van der Waals surface area contributed by atoms with E-state index in [0.29, 0.717) is 31.5 Å². The molecule has 1 aromatic carbocycles. The molecule has 2 aliphatic rings. The van der Waals surface area contributed by atoms with Crippen molar-refractivity contribution < 1.29 is 9.26 Å². The third kappa shape index (κ3) is 4.50. The maximum Gasteiger partial charge on any atom is 0.263 e. The molecule has 0 bridgehead atoms. The van der Waals surface area contributed by atoms with Crippen molar-refractivity contribution in [2.24, 2.45) is 11.1 Å². The minimum absolute atomic E-state index is 0.0639. The molecule has 12 heteroatoms. The average Bonchev–Trinajstić information content (AvgIpc) is 3.53. The zero-order valence-corrected chi connectivity index (χ0v) is 21.8. The van der Waals surface area contributed by atoms with E-state index in [0.717, 1.165) is 38.4 Å². The predicted octanol–water partition coefficient (Wildman–Crippen LogP) is 3.36. The van der Waals surface area contributed by atoms with E-state index >= 15 is 0 Å². The molecule has 2 N–H and O–H groups in total. The maximum absolute atomic E-state index is 13.2. The summed E-state index contributed by atoms with van der Waals surface area (Å²) < 4.78 is 12.1. The van der Waals surface area contributed by atoms with Crippen molar-refractivity contribution in [3.8, 4) is 0 Å². The number of fused-ring (bicyclic) bond motifs is 1. The molecule has 6 rings (SSSR count). The van der Waals surface area contributed by atoms with Crippen molar-refractivity contribution >= 4 is 40.1 Å². The molecule has 0 amide bonds. The van der Waals surface area contributed by atoms with Crippen LogP contribution in [0.15, 0.2) is 62.4 Å². The van der Waals surface area contributed by atoms with Crippen molar-refractivity contribution in [3.05, 3.63) is 64.3 Å². The van der Waals surface area contributed by atoms with Gasteiger partial charge >= 0.3 is 0 Å². The summed E-state index contributed by atoms with van der Waals surface area (Å²) in [7, 11) is 0. The molecular weight excluding hydrogens is 514 g/mol. The lowest BCUT2D eigenvalue weighted by atomic mass is 9.73. The van der Waals surface area contributed by atoms with E-state index < -0.39 is 0 Å². The van der Waals surface area contributed by atoms with Gasteiger partial charge in [0.2, 0.25) is 0 Å². The van der Waals surface area contributed by atoms with Gasteiger partial charge in [-0.15, -0.1) is 0 Å². The maximum atomic E-state index is 13.2. The zero-order valence-electron chi connectivity index (χ0n) is 20.2. The fourth-order valence-corrected chi connectivity index (χ4v) is 6.28. The summed E-state index contributed by atoms with van der Waals surface area (Å²) >= 11 is 8.06. The van der Waals surface area contributed by atoms with Crippen LogP contribution in [0.2, 0.25) is 5.02 Å². The van der Waals surface area contributed by atoms with Crippen LogP contribution in [0.25, 0.3) is 10.9 Å². The van der Waals surface area contributed by atoms with E-state index in [1.54, 1.807) is 24.5 Å². The number of piperidine rings is 1. The number of benzene rings is 1. The van der Waals surface area contributed by atoms with Gasteiger partial charge in [-0.3, -0.25) is 9.36 Å². The Balaban J connectivity index is 1.18. The monoisotopic (exact) mass is 539 g/mol. The molecule has 0 aliphatic carbocycles. The first-order valence-electron chi connectivity index (χ1n) is 12.1. The van der Waals surface area contributed by atoms with Gasteiger partial charge in [0.15, 0.2) is 0 Å². The van der Waals surface area contributed by atoms with Gasteiger partial charge in [0.05, 0.1) is 53.9 Å². The first kappa shape index (κ1) is 24.4. The molecule has 1 spiro atoms. The van der Waals surface area contributed by atoms with Crippen LogP contribution in [0.1, 0.15) is 25.5 Å². The molecule has 0 radical (unpaired) electrons. The first-order chi connectivity index (χ1) is 17.9. The molecule has 2 atom stereocenters. The van der Waals surface area contributed by atoms with Crippen LogP contribution in [0.5, 0.6) is 0 Å². The molecule has 10 nitrogen and oxygen atoms in total. The topological polar surface area (TPSA) is 125 Å². The molecule has 0 unspecified atom stereocenters. The number of rotatable bonds is 5. The van der Waals surface area contributed by atoms with Crippen LogP contribution >= 0.6 is 23.4 Å². The Labute approximate surface area is 222 Å². The lowest BCUT2D eigenvalue weighted by Gasteiger charge is -2.41. The Hall–Kier alpha value is -2.99. The van der Waals surface area contributed by atoms with Gasteiger partial charge in [-0.1, -0.05) is 28.5 Å². The largest absolute Gasteiger partial charge is 0.376 e. The lowest BCUT2D eigenvalue weighted by Crippen LogP contribution is -2.50. The smallest absolute Gasteiger partial charge is 0.263 e. The Morgan fingerprint density at radius 2 is 2.03 bits per heavy atom. The van der Waals surface area contributed by atoms with Gasteiger partial charge in [-0.05, 0) is 31.9 Å². The number of ether oxygens (including phenoxy) is 1. The number of aromatic nitrogens is 5. The Morgan fingerprint density at radius 1 is 1.19 bits per heavy atom. The molecule has 4 aromatic rings. The van der Waals surface area contributed by atoms with E-state index in [2.05, 4.69) is 31.9 Å². The van der Waals surface area contributed by atoms with Gasteiger partial charge in [-0.25, -0.2) is 15.0 Å². The van der Waals surface area contributed by atoms with Crippen LogP contribution in [0.3, 0.4) is 0 Å². The predicted molar refractivity (Wildman–Crippen MR) is 140 cm³/mol. The average molecular weight is 540 g/mol. The number of nitrogens with zero attached hydrogens (tertiary/aromatic N) is 6. The summed E-state index contributed by atoms with van der Waals surface area (Å²) in [5.41, 5.74) is 7.42. The second kappa shape index (κ2) is 9.71. The second-order valence-electron chi connectivity index (χ2n) is 9.65. The molecule has 2 aliphatic heterocycles. The fourth-order valence-electron chi connectivity index (χ4n) is 5.16. The Bertz CT molecular complexity index is 1470. The van der Waals surface area contributed by atoms with Gasteiger partial charge in [0, 0.05) is 35.5 Å². The van der Waals surface area contributed by atoms with Crippen molar-refractivity contribution in [1.29, 1.82) is 0 Å². The van der Waals surface area contributed by atoms with E-state index in [9.17, 15) is 4.79 Å². The molecule has 3 aromatic heterocycles. The number of halogens is 1. The summed E-state index contributed by atoms with van der Waals surface area (Å²) in [6.45, 7) is 4.77. The quantitative estimate of drug-likeness (QED) is 0.403. The third-order valence-electron chi connectivity index (χ3n) is 7.48. The minimum atomic E-state index is -0.244. The van der Waals surface area contributed by atoms with Crippen LogP contribution < -0.4 is 16.2 Å². The number of hydrogen-bond donors (Lipinski definition) is 1. The summed E-state index contributed by atoms with van der Waals surface area (Å²) in [4.78, 5) is 29.8. The van der Waals surface area contributed by atoms with Crippen LogP contribution in [0, 0.1) is 5.41 Å². The Morgan fingerprint density at radius 3 is 2.70 bits per heavy atom. The van der Waals surface area contributed by atoms with Gasteiger partial charge in [-0.2, -0.15) is 0 Å². The third-order valence-corrected chi connectivity index (χ3v) is 8.96. The second-order valence-corrected chi connectivity index (χ2v) is 11.1. The standard InChI is InChI=1S/C25H26ClN7O3S/c1-15-23(27)25(13-35-15)5-7-32(8-6-25)19-10-29-20(11-28-19)37-18-3-2-17-21(22(18)26)24(34)33(14-30-17)12-16-4-9-36-31-16/h2-4,9-11,14-15,23H,5-8,12-13,27H2,1H3/t15-,23+/m0/s1. The van der Waals surface area contributed by atoms with Gasteiger partial charge in [0.1, 0.15) is 22.8 Å². The molecule has 5 heterocycles. The SMILES string of the molecule is C[C@@H]1OCC2(CCN(c3cnc(Sc4ccc5ncn(Cc6ccon6)c(=O)c5c4Cl)cn3)CC2)[C@@H]1N. The van der Waals surface area contributed by atoms with Gasteiger partial charge < -0.3 is 19.9 Å².